The second-order valence-corrected chi connectivity index (χ2v) is 3.67. The van der Waals surface area contributed by atoms with Gasteiger partial charge in [-0.2, -0.15) is 0 Å². The summed E-state index contributed by atoms with van der Waals surface area (Å²) in [5.41, 5.74) is 0.256. The van der Waals surface area contributed by atoms with Crippen molar-refractivity contribution in [3.8, 4) is 17.2 Å². The number of carbonyl (C=O) groups is 1. The van der Waals surface area contributed by atoms with Gasteiger partial charge in [0.15, 0.2) is 0 Å². The van der Waals surface area contributed by atoms with Gasteiger partial charge in [0.1, 0.15) is 17.2 Å². The quantitative estimate of drug-likeness (QED) is 0.481. The van der Waals surface area contributed by atoms with Gasteiger partial charge in [-0.05, 0) is 24.3 Å². The molecule has 2 aromatic carbocycles. The number of benzene rings is 2. The molecule has 0 atom stereocenters. The van der Waals surface area contributed by atoms with Crippen LogP contribution in [0.2, 0.25) is 0 Å². The summed E-state index contributed by atoms with van der Waals surface area (Å²) in [6.07, 6.45) is 0. The summed E-state index contributed by atoms with van der Waals surface area (Å²) in [4.78, 5) is 11.8. The normalized spacial score (nSPS) is 10.0. The Morgan fingerprint density at radius 3 is 2.33 bits per heavy atom. The van der Waals surface area contributed by atoms with Gasteiger partial charge in [-0.1, -0.05) is 12.1 Å². The van der Waals surface area contributed by atoms with Gasteiger partial charge in [-0.15, -0.1) is 0 Å². The molecule has 2 aromatic rings. The Balaban J connectivity index is 2.24. The predicted octanol–water partition coefficient (Wildman–Crippen LogP) is 2.06. The minimum absolute atomic E-state index is 0.102. The van der Waals surface area contributed by atoms with Crippen molar-refractivity contribution >= 4 is 11.6 Å². The van der Waals surface area contributed by atoms with Crippen molar-refractivity contribution in [1.29, 1.82) is 0 Å². The SMILES string of the molecule is O=C(Nc1ccc(O)cc1O)c1ccccc1O. The first kappa shape index (κ1) is 11.8. The lowest BCUT2D eigenvalue weighted by Gasteiger charge is -2.08. The molecule has 0 unspecified atom stereocenters. The number of nitrogens with one attached hydrogen (secondary N) is 1. The van der Waals surface area contributed by atoms with Gasteiger partial charge in [0.05, 0.1) is 11.3 Å². The van der Waals surface area contributed by atoms with E-state index in [9.17, 15) is 15.0 Å². The average Bonchev–Trinajstić information content (AvgIpc) is 2.33. The second-order valence-electron chi connectivity index (χ2n) is 3.67. The highest BCUT2D eigenvalue weighted by Gasteiger charge is 2.12. The molecule has 0 aliphatic heterocycles. The Kier molecular flexibility index (Phi) is 3.05. The van der Waals surface area contributed by atoms with Gasteiger partial charge in [0.2, 0.25) is 0 Å². The number of hydrogen-bond acceptors (Lipinski definition) is 4. The Morgan fingerprint density at radius 1 is 0.944 bits per heavy atom. The lowest BCUT2D eigenvalue weighted by Crippen LogP contribution is -2.12. The number of para-hydroxylation sites is 1. The van der Waals surface area contributed by atoms with E-state index in [0.717, 1.165) is 6.07 Å². The number of carbonyl (C=O) groups excluding carboxylic acids is 1. The molecule has 0 aromatic heterocycles. The van der Waals surface area contributed by atoms with E-state index in [1.54, 1.807) is 12.1 Å². The molecule has 5 nitrogen and oxygen atoms in total. The van der Waals surface area contributed by atoms with Crippen molar-refractivity contribution in [1.82, 2.24) is 0 Å². The molecule has 0 fully saturated rings. The maximum atomic E-state index is 11.8. The number of phenols is 3. The fourth-order valence-corrected chi connectivity index (χ4v) is 1.48. The van der Waals surface area contributed by atoms with E-state index >= 15 is 0 Å². The Bertz CT molecular complexity index is 595. The predicted molar refractivity (Wildman–Crippen MR) is 65.8 cm³/mol. The Hall–Kier alpha value is -2.69. The van der Waals surface area contributed by atoms with Crippen molar-refractivity contribution in [2.45, 2.75) is 0 Å². The average molecular weight is 245 g/mol. The highest BCUT2D eigenvalue weighted by atomic mass is 16.3. The Labute approximate surface area is 103 Å². The second kappa shape index (κ2) is 4.67. The monoisotopic (exact) mass is 245 g/mol. The van der Waals surface area contributed by atoms with Crippen LogP contribution in [0.3, 0.4) is 0 Å². The van der Waals surface area contributed by atoms with Crippen LogP contribution >= 0.6 is 0 Å². The zero-order valence-electron chi connectivity index (χ0n) is 9.29. The Morgan fingerprint density at radius 2 is 1.67 bits per heavy atom. The summed E-state index contributed by atoms with van der Waals surface area (Å²) in [5, 5.41) is 30.6. The van der Waals surface area contributed by atoms with Gasteiger partial charge in [-0.3, -0.25) is 4.79 Å². The van der Waals surface area contributed by atoms with Crippen LogP contribution < -0.4 is 5.32 Å². The number of rotatable bonds is 2. The van der Waals surface area contributed by atoms with E-state index in [0.29, 0.717) is 0 Å². The van der Waals surface area contributed by atoms with E-state index in [4.69, 9.17) is 5.11 Å². The van der Waals surface area contributed by atoms with E-state index in [2.05, 4.69) is 5.32 Å². The minimum atomic E-state index is -0.547. The molecule has 0 spiro atoms. The molecule has 0 radical (unpaired) electrons. The highest BCUT2D eigenvalue weighted by molar-refractivity contribution is 6.06. The summed E-state index contributed by atoms with van der Waals surface area (Å²) in [5.74, 6) is -1.05. The number of aromatic hydroxyl groups is 3. The molecule has 5 heteroatoms. The van der Waals surface area contributed by atoms with Gasteiger partial charge in [0.25, 0.3) is 5.91 Å². The third-order valence-electron chi connectivity index (χ3n) is 2.38. The van der Waals surface area contributed by atoms with E-state index in [-0.39, 0.29) is 28.5 Å². The number of amides is 1. The zero-order valence-corrected chi connectivity index (χ0v) is 9.29. The first-order valence-corrected chi connectivity index (χ1v) is 5.19. The van der Waals surface area contributed by atoms with Crippen molar-refractivity contribution in [3.63, 3.8) is 0 Å². The van der Waals surface area contributed by atoms with Crippen LogP contribution in [0.4, 0.5) is 5.69 Å². The van der Waals surface area contributed by atoms with Crippen molar-refractivity contribution in [3.05, 3.63) is 48.0 Å². The van der Waals surface area contributed by atoms with Crippen LogP contribution in [0.15, 0.2) is 42.5 Å². The van der Waals surface area contributed by atoms with Crippen molar-refractivity contribution < 1.29 is 20.1 Å². The molecule has 1 amide bonds. The first-order valence-electron chi connectivity index (χ1n) is 5.19. The number of hydrogen-bond donors (Lipinski definition) is 4. The van der Waals surface area contributed by atoms with E-state index in [1.807, 2.05) is 0 Å². The third-order valence-corrected chi connectivity index (χ3v) is 2.38. The topological polar surface area (TPSA) is 89.8 Å². The molecule has 4 N–H and O–H groups in total. The number of phenolic OH excluding ortho intramolecular Hbond substituents is 3. The van der Waals surface area contributed by atoms with Crippen LogP contribution in [-0.2, 0) is 0 Å². The highest BCUT2D eigenvalue weighted by Crippen LogP contribution is 2.28. The lowest BCUT2D eigenvalue weighted by molar-refractivity contribution is 0.102. The fraction of sp³-hybridized carbons (Fsp3) is 0. The van der Waals surface area contributed by atoms with E-state index in [1.165, 1.54) is 24.3 Å². The molecule has 2 rings (SSSR count). The summed E-state index contributed by atoms with van der Waals surface area (Å²) in [6.45, 7) is 0. The van der Waals surface area contributed by atoms with Gasteiger partial charge in [-0.25, -0.2) is 0 Å². The number of anilines is 1. The lowest BCUT2D eigenvalue weighted by atomic mass is 10.2. The van der Waals surface area contributed by atoms with Crippen LogP contribution in [0, 0.1) is 0 Å². The summed E-state index contributed by atoms with van der Waals surface area (Å²) < 4.78 is 0. The summed E-state index contributed by atoms with van der Waals surface area (Å²) in [7, 11) is 0. The molecule has 0 saturated heterocycles. The molecule has 0 bridgehead atoms. The molecule has 0 saturated carbocycles. The van der Waals surface area contributed by atoms with Crippen LogP contribution in [0.25, 0.3) is 0 Å². The third kappa shape index (κ3) is 2.35. The molecular formula is C13H11NO4. The van der Waals surface area contributed by atoms with Crippen LogP contribution in [0.5, 0.6) is 17.2 Å². The van der Waals surface area contributed by atoms with Crippen molar-refractivity contribution in [2.75, 3.05) is 5.32 Å². The molecule has 18 heavy (non-hydrogen) atoms. The minimum Gasteiger partial charge on any atom is -0.508 e. The maximum Gasteiger partial charge on any atom is 0.259 e. The van der Waals surface area contributed by atoms with Gasteiger partial charge >= 0.3 is 0 Å². The standard InChI is InChI=1S/C13H11NO4/c15-8-5-6-10(12(17)7-8)14-13(18)9-3-1-2-4-11(9)16/h1-7,15-17H,(H,14,18). The maximum absolute atomic E-state index is 11.8. The molecular weight excluding hydrogens is 234 g/mol. The van der Waals surface area contributed by atoms with E-state index < -0.39 is 5.91 Å². The van der Waals surface area contributed by atoms with Gasteiger partial charge in [0, 0.05) is 6.07 Å². The van der Waals surface area contributed by atoms with Crippen molar-refractivity contribution in [2.24, 2.45) is 0 Å². The molecule has 0 aliphatic rings. The zero-order chi connectivity index (χ0) is 13.1. The van der Waals surface area contributed by atoms with Crippen LogP contribution in [0.1, 0.15) is 10.4 Å². The smallest absolute Gasteiger partial charge is 0.259 e. The first-order chi connectivity index (χ1) is 8.58. The van der Waals surface area contributed by atoms with Gasteiger partial charge < -0.3 is 20.6 Å². The molecule has 0 aliphatic carbocycles. The van der Waals surface area contributed by atoms with Crippen LogP contribution in [-0.4, -0.2) is 21.2 Å². The molecule has 0 heterocycles. The molecule has 92 valence electrons. The summed E-state index contributed by atoms with van der Waals surface area (Å²) >= 11 is 0. The fourth-order valence-electron chi connectivity index (χ4n) is 1.48. The largest absolute Gasteiger partial charge is 0.508 e. The summed E-state index contributed by atoms with van der Waals surface area (Å²) in [6, 6.07) is 9.88.